The van der Waals surface area contributed by atoms with E-state index in [1.165, 1.54) is 82.6 Å². The van der Waals surface area contributed by atoms with Gasteiger partial charge in [-0.25, -0.2) is 0 Å². The summed E-state index contributed by atoms with van der Waals surface area (Å²) in [6.07, 6.45) is 20.6. The third-order valence-corrected chi connectivity index (χ3v) is 3.82. The molecular weight excluding hydrogens is 249 g/mol. The maximum absolute atomic E-state index is 4.05. The SMILES string of the molecule is CCCCCCCCCCCCCc1ccncc1.F. The van der Waals surface area contributed by atoms with Gasteiger partial charge in [0.2, 0.25) is 0 Å². The number of rotatable bonds is 12. The summed E-state index contributed by atoms with van der Waals surface area (Å²) in [5, 5.41) is 0. The van der Waals surface area contributed by atoms with E-state index in [2.05, 4.69) is 24.0 Å². The molecule has 20 heavy (non-hydrogen) atoms. The van der Waals surface area contributed by atoms with Gasteiger partial charge in [0.15, 0.2) is 0 Å². The highest BCUT2D eigenvalue weighted by Crippen LogP contribution is 2.12. The molecule has 0 N–H and O–H groups in total. The number of unbranched alkanes of at least 4 members (excludes halogenated alkanes) is 10. The Morgan fingerprint density at radius 1 is 0.700 bits per heavy atom. The zero-order valence-electron chi connectivity index (χ0n) is 13.2. The topological polar surface area (TPSA) is 12.9 Å². The lowest BCUT2D eigenvalue weighted by Crippen LogP contribution is -1.86. The van der Waals surface area contributed by atoms with E-state index in [4.69, 9.17) is 0 Å². The summed E-state index contributed by atoms with van der Waals surface area (Å²) in [5.74, 6) is 0. The molecule has 0 unspecified atom stereocenters. The van der Waals surface area contributed by atoms with Gasteiger partial charge >= 0.3 is 0 Å². The lowest BCUT2D eigenvalue weighted by molar-refractivity contribution is 0.549. The summed E-state index contributed by atoms with van der Waals surface area (Å²) >= 11 is 0. The zero-order chi connectivity index (χ0) is 13.6. The van der Waals surface area contributed by atoms with E-state index in [-0.39, 0.29) is 4.70 Å². The van der Waals surface area contributed by atoms with Crippen molar-refractivity contribution >= 4 is 0 Å². The molecule has 1 aromatic rings. The normalized spacial score (nSPS) is 10.2. The lowest BCUT2D eigenvalue weighted by atomic mass is 10.0. The van der Waals surface area contributed by atoms with Crippen LogP contribution in [0.5, 0.6) is 0 Å². The van der Waals surface area contributed by atoms with Crippen molar-refractivity contribution in [1.82, 2.24) is 4.98 Å². The van der Waals surface area contributed by atoms with Gasteiger partial charge in [0, 0.05) is 12.4 Å². The molecule has 1 aromatic heterocycles. The quantitative estimate of drug-likeness (QED) is 0.423. The molecule has 0 bridgehead atoms. The van der Waals surface area contributed by atoms with Crippen molar-refractivity contribution in [2.45, 2.75) is 84.0 Å². The van der Waals surface area contributed by atoms with Gasteiger partial charge in [0.1, 0.15) is 0 Å². The van der Waals surface area contributed by atoms with Crippen molar-refractivity contribution in [2.75, 3.05) is 0 Å². The second kappa shape index (κ2) is 14.5. The molecule has 0 atom stereocenters. The Balaban J connectivity index is 0.00000361. The molecule has 0 radical (unpaired) electrons. The maximum atomic E-state index is 4.05. The van der Waals surface area contributed by atoms with Gasteiger partial charge in [-0.1, -0.05) is 71.1 Å². The minimum atomic E-state index is 0. The van der Waals surface area contributed by atoms with Crippen molar-refractivity contribution in [3.8, 4) is 0 Å². The monoisotopic (exact) mass is 281 g/mol. The van der Waals surface area contributed by atoms with E-state index in [9.17, 15) is 0 Å². The summed E-state index contributed by atoms with van der Waals surface area (Å²) in [6.45, 7) is 2.28. The number of pyridine rings is 1. The fraction of sp³-hybridized carbons (Fsp3) is 0.722. The molecule has 0 fully saturated rings. The summed E-state index contributed by atoms with van der Waals surface area (Å²) in [5.41, 5.74) is 1.44. The molecule has 1 nitrogen and oxygen atoms in total. The van der Waals surface area contributed by atoms with Crippen LogP contribution in [0.3, 0.4) is 0 Å². The van der Waals surface area contributed by atoms with Gasteiger partial charge in [0.25, 0.3) is 0 Å². The van der Waals surface area contributed by atoms with Crippen LogP contribution in [-0.4, -0.2) is 4.98 Å². The number of halogens is 1. The molecule has 1 heterocycles. The second-order valence-electron chi connectivity index (χ2n) is 5.64. The molecular formula is C18H32FN. The summed E-state index contributed by atoms with van der Waals surface area (Å²) in [6, 6.07) is 4.27. The van der Waals surface area contributed by atoms with Crippen LogP contribution in [0.4, 0.5) is 4.70 Å². The molecule has 0 aliphatic carbocycles. The highest BCUT2D eigenvalue weighted by Gasteiger charge is 1.94. The zero-order valence-corrected chi connectivity index (χ0v) is 13.2. The molecule has 0 saturated carbocycles. The Bertz CT molecular complexity index is 287. The number of nitrogens with zero attached hydrogens (tertiary/aromatic N) is 1. The van der Waals surface area contributed by atoms with Gasteiger partial charge in [0.05, 0.1) is 0 Å². The van der Waals surface area contributed by atoms with Crippen LogP contribution in [0.2, 0.25) is 0 Å². The molecule has 0 aliphatic heterocycles. The number of hydrogen-bond donors (Lipinski definition) is 0. The third kappa shape index (κ3) is 11.0. The van der Waals surface area contributed by atoms with Gasteiger partial charge in [-0.15, -0.1) is 0 Å². The van der Waals surface area contributed by atoms with Crippen LogP contribution in [-0.2, 0) is 6.42 Å². The Hall–Kier alpha value is -0.920. The van der Waals surface area contributed by atoms with Gasteiger partial charge in [-0.3, -0.25) is 9.69 Å². The Labute approximate surface area is 124 Å². The predicted octanol–water partition coefficient (Wildman–Crippen LogP) is 6.09. The molecule has 2 heteroatoms. The van der Waals surface area contributed by atoms with Crippen LogP contribution in [0.1, 0.15) is 83.1 Å². The molecule has 1 rings (SSSR count). The van der Waals surface area contributed by atoms with Crippen molar-refractivity contribution in [1.29, 1.82) is 0 Å². The molecule has 0 aliphatic rings. The summed E-state index contributed by atoms with van der Waals surface area (Å²) < 4.78 is 0. The molecule has 0 spiro atoms. The Kier molecular flexibility index (Phi) is 13.8. The van der Waals surface area contributed by atoms with Crippen LogP contribution < -0.4 is 0 Å². The van der Waals surface area contributed by atoms with Crippen LogP contribution in [0.25, 0.3) is 0 Å². The second-order valence-corrected chi connectivity index (χ2v) is 5.64. The molecule has 0 aromatic carbocycles. The van der Waals surface area contributed by atoms with Crippen LogP contribution in [0.15, 0.2) is 24.5 Å². The maximum Gasteiger partial charge on any atom is 0.0270 e. The number of hydrogen-bond acceptors (Lipinski definition) is 1. The fourth-order valence-electron chi connectivity index (χ4n) is 2.54. The molecule has 116 valence electrons. The smallest absolute Gasteiger partial charge is 0.0270 e. The summed E-state index contributed by atoms with van der Waals surface area (Å²) in [7, 11) is 0. The standard InChI is InChI=1S/C18H31N.FH/c1-2-3-4-5-6-7-8-9-10-11-12-13-18-14-16-19-17-15-18;/h14-17H,2-13H2,1H3;1H. The predicted molar refractivity (Wildman–Crippen MR) is 86.9 cm³/mol. The summed E-state index contributed by atoms with van der Waals surface area (Å²) in [4.78, 5) is 4.05. The first kappa shape index (κ1) is 19.1. The first-order valence-corrected chi connectivity index (χ1v) is 8.32. The number of aromatic nitrogens is 1. The van der Waals surface area contributed by atoms with E-state index in [0.717, 1.165) is 0 Å². The highest BCUT2D eigenvalue weighted by molar-refractivity contribution is 5.09. The van der Waals surface area contributed by atoms with E-state index in [0.29, 0.717) is 0 Å². The van der Waals surface area contributed by atoms with E-state index >= 15 is 0 Å². The Morgan fingerprint density at radius 3 is 1.65 bits per heavy atom. The average Bonchev–Trinajstić information content (AvgIpc) is 2.46. The lowest BCUT2D eigenvalue weighted by Gasteiger charge is -2.03. The minimum Gasteiger partial charge on any atom is -0.269 e. The van der Waals surface area contributed by atoms with E-state index in [1.54, 1.807) is 0 Å². The van der Waals surface area contributed by atoms with Crippen molar-refractivity contribution in [2.24, 2.45) is 0 Å². The largest absolute Gasteiger partial charge is 0.269 e. The van der Waals surface area contributed by atoms with Gasteiger partial charge in [-0.2, -0.15) is 0 Å². The highest BCUT2D eigenvalue weighted by atomic mass is 19.0. The minimum absolute atomic E-state index is 0. The van der Waals surface area contributed by atoms with Crippen LogP contribution >= 0.6 is 0 Å². The molecule has 0 amide bonds. The Morgan fingerprint density at radius 2 is 1.15 bits per heavy atom. The van der Waals surface area contributed by atoms with E-state index < -0.39 is 0 Å². The third-order valence-electron chi connectivity index (χ3n) is 3.82. The number of aryl methyl sites for hydroxylation is 1. The first-order chi connectivity index (χ1) is 9.43. The van der Waals surface area contributed by atoms with E-state index in [1.807, 2.05) is 12.4 Å². The van der Waals surface area contributed by atoms with Gasteiger partial charge in [-0.05, 0) is 30.5 Å². The van der Waals surface area contributed by atoms with Crippen molar-refractivity contribution < 1.29 is 4.70 Å². The first-order valence-electron chi connectivity index (χ1n) is 8.32. The molecule has 0 saturated heterocycles. The fourth-order valence-corrected chi connectivity index (χ4v) is 2.54. The average molecular weight is 281 g/mol. The van der Waals surface area contributed by atoms with Crippen LogP contribution in [0, 0.1) is 0 Å². The van der Waals surface area contributed by atoms with Crippen molar-refractivity contribution in [3.05, 3.63) is 30.1 Å². The van der Waals surface area contributed by atoms with Gasteiger partial charge < -0.3 is 0 Å². The van der Waals surface area contributed by atoms with Crippen molar-refractivity contribution in [3.63, 3.8) is 0 Å².